The second kappa shape index (κ2) is 6.66. The van der Waals surface area contributed by atoms with Gasteiger partial charge in [-0.2, -0.15) is 0 Å². The fourth-order valence-electron chi connectivity index (χ4n) is 2.55. The summed E-state index contributed by atoms with van der Waals surface area (Å²) in [7, 11) is 0. The summed E-state index contributed by atoms with van der Waals surface area (Å²) in [6, 6.07) is 0. The topological polar surface area (TPSA) is 32.3 Å². The Morgan fingerprint density at radius 1 is 1.35 bits per heavy atom. The molecule has 96 valence electrons. The number of terminal acetylenes is 1. The van der Waals surface area contributed by atoms with Gasteiger partial charge >= 0.3 is 0 Å². The lowest BCUT2D eigenvalue weighted by molar-refractivity contribution is -0.122. The molecule has 1 fully saturated rings. The molecule has 3 nitrogen and oxygen atoms in total. The first-order chi connectivity index (χ1) is 8.15. The van der Waals surface area contributed by atoms with Gasteiger partial charge in [0.2, 0.25) is 5.91 Å². The molecule has 1 amide bonds. The van der Waals surface area contributed by atoms with E-state index in [1.165, 1.54) is 25.7 Å². The summed E-state index contributed by atoms with van der Waals surface area (Å²) in [5, 5.41) is 2.71. The van der Waals surface area contributed by atoms with Gasteiger partial charge in [0.15, 0.2) is 0 Å². The van der Waals surface area contributed by atoms with Gasteiger partial charge in [0.05, 0.1) is 13.1 Å². The van der Waals surface area contributed by atoms with Crippen molar-refractivity contribution in [3.05, 3.63) is 0 Å². The van der Waals surface area contributed by atoms with Crippen molar-refractivity contribution in [1.82, 2.24) is 10.2 Å². The van der Waals surface area contributed by atoms with Crippen LogP contribution in [0.3, 0.4) is 0 Å². The molecule has 0 unspecified atom stereocenters. The summed E-state index contributed by atoms with van der Waals surface area (Å²) in [6.45, 7) is 7.44. The van der Waals surface area contributed by atoms with Crippen LogP contribution in [0.1, 0.15) is 39.5 Å². The summed E-state index contributed by atoms with van der Waals surface area (Å²) in [5.41, 5.74) is 0.520. The zero-order chi connectivity index (χ0) is 12.7. The number of amides is 1. The SMILES string of the molecule is C#CCNC(=O)CN1CCC(CC)(CC)CC1. The average molecular weight is 236 g/mol. The van der Waals surface area contributed by atoms with Gasteiger partial charge in [0, 0.05) is 0 Å². The van der Waals surface area contributed by atoms with Crippen molar-refractivity contribution in [2.24, 2.45) is 5.41 Å². The predicted molar refractivity (Wildman–Crippen MR) is 70.5 cm³/mol. The van der Waals surface area contributed by atoms with E-state index in [9.17, 15) is 4.79 Å². The van der Waals surface area contributed by atoms with Gasteiger partial charge < -0.3 is 5.32 Å². The van der Waals surface area contributed by atoms with Crippen LogP contribution in [-0.4, -0.2) is 37.0 Å². The molecular weight excluding hydrogens is 212 g/mol. The number of piperidine rings is 1. The van der Waals surface area contributed by atoms with E-state index in [4.69, 9.17) is 6.42 Å². The summed E-state index contributed by atoms with van der Waals surface area (Å²) >= 11 is 0. The standard InChI is InChI=1S/C14H24N2O/c1-4-9-15-13(17)12-16-10-7-14(5-2,6-3)8-11-16/h1H,5-12H2,2-3H3,(H,15,17). The minimum absolute atomic E-state index is 0.0449. The van der Waals surface area contributed by atoms with Gasteiger partial charge in [-0.25, -0.2) is 0 Å². The van der Waals surface area contributed by atoms with Crippen molar-refractivity contribution in [2.75, 3.05) is 26.2 Å². The van der Waals surface area contributed by atoms with Gasteiger partial charge in [-0.15, -0.1) is 6.42 Å². The molecule has 0 radical (unpaired) electrons. The molecule has 0 aromatic carbocycles. The lowest BCUT2D eigenvalue weighted by Gasteiger charge is -2.40. The van der Waals surface area contributed by atoms with Crippen molar-refractivity contribution in [2.45, 2.75) is 39.5 Å². The molecule has 0 atom stereocenters. The molecule has 1 heterocycles. The molecule has 0 aromatic rings. The van der Waals surface area contributed by atoms with Crippen LogP contribution in [0.4, 0.5) is 0 Å². The molecule has 1 N–H and O–H groups in total. The van der Waals surface area contributed by atoms with E-state index in [2.05, 4.69) is 30.0 Å². The van der Waals surface area contributed by atoms with E-state index in [1.807, 2.05) is 0 Å². The van der Waals surface area contributed by atoms with Gasteiger partial charge in [-0.3, -0.25) is 9.69 Å². The maximum absolute atomic E-state index is 11.5. The van der Waals surface area contributed by atoms with Crippen LogP contribution in [0.5, 0.6) is 0 Å². The Hall–Kier alpha value is -1.01. The zero-order valence-corrected chi connectivity index (χ0v) is 11.1. The van der Waals surface area contributed by atoms with Crippen LogP contribution >= 0.6 is 0 Å². The van der Waals surface area contributed by atoms with E-state index >= 15 is 0 Å². The van der Waals surface area contributed by atoms with Crippen LogP contribution in [0.15, 0.2) is 0 Å². The smallest absolute Gasteiger partial charge is 0.234 e. The molecule has 1 saturated heterocycles. The van der Waals surface area contributed by atoms with Gasteiger partial charge in [0.25, 0.3) is 0 Å². The number of rotatable bonds is 5. The quantitative estimate of drug-likeness (QED) is 0.736. The lowest BCUT2D eigenvalue weighted by atomic mass is 9.74. The second-order valence-electron chi connectivity index (χ2n) is 4.96. The number of hydrogen-bond donors (Lipinski definition) is 1. The summed E-state index contributed by atoms with van der Waals surface area (Å²) in [6.07, 6.45) is 10.0. The lowest BCUT2D eigenvalue weighted by Crippen LogP contribution is -2.44. The highest BCUT2D eigenvalue weighted by atomic mass is 16.2. The Kier molecular flexibility index (Phi) is 5.50. The summed E-state index contributed by atoms with van der Waals surface area (Å²) in [4.78, 5) is 13.8. The maximum Gasteiger partial charge on any atom is 0.234 e. The van der Waals surface area contributed by atoms with Crippen LogP contribution in [0, 0.1) is 17.8 Å². The normalized spacial score (nSPS) is 19.6. The van der Waals surface area contributed by atoms with Crippen LogP contribution < -0.4 is 5.32 Å². The number of hydrogen-bond acceptors (Lipinski definition) is 2. The van der Waals surface area contributed by atoms with Gasteiger partial charge in [0.1, 0.15) is 0 Å². The third kappa shape index (κ3) is 4.05. The van der Waals surface area contributed by atoms with E-state index in [1.54, 1.807) is 0 Å². The van der Waals surface area contributed by atoms with Crippen molar-refractivity contribution < 1.29 is 4.79 Å². The first-order valence-electron chi connectivity index (χ1n) is 6.58. The molecule has 3 heteroatoms. The fraction of sp³-hybridized carbons (Fsp3) is 0.786. The molecular formula is C14H24N2O. The van der Waals surface area contributed by atoms with Crippen molar-refractivity contribution >= 4 is 5.91 Å². The minimum Gasteiger partial charge on any atom is -0.344 e. The van der Waals surface area contributed by atoms with E-state index in [0.717, 1.165) is 13.1 Å². The highest BCUT2D eigenvalue weighted by Crippen LogP contribution is 2.37. The molecule has 1 aliphatic heterocycles. The monoisotopic (exact) mass is 236 g/mol. The molecule has 0 aliphatic carbocycles. The third-order valence-electron chi connectivity index (χ3n) is 4.17. The highest BCUT2D eigenvalue weighted by molar-refractivity contribution is 5.78. The van der Waals surface area contributed by atoms with Crippen molar-refractivity contribution in [3.8, 4) is 12.3 Å². The minimum atomic E-state index is 0.0449. The van der Waals surface area contributed by atoms with Crippen molar-refractivity contribution in [3.63, 3.8) is 0 Å². The summed E-state index contributed by atoms with van der Waals surface area (Å²) < 4.78 is 0. The second-order valence-corrected chi connectivity index (χ2v) is 4.96. The number of likely N-dealkylation sites (tertiary alicyclic amines) is 1. The number of carbonyl (C=O) groups is 1. The maximum atomic E-state index is 11.5. The van der Waals surface area contributed by atoms with Gasteiger partial charge in [-0.05, 0) is 31.3 Å². The molecule has 0 spiro atoms. The number of nitrogens with zero attached hydrogens (tertiary/aromatic N) is 1. The molecule has 0 bridgehead atoms. The van der Waals surface area contributed by atoms with E-state index < -0.39 is 0 Å². The first-order valence-corrected chi connectivity index (χ1v) is 6.58. The molecule has 0 aromatic heterocycles. The largest absolute Gasteiger partial charge is 0.344 e. The number of nitrogens with one attached hydrogen (secondary N) is 1. The molecule has 17 heavy (non-hydrogen) atoms. The zero-order valence-electron chi connectivity index (χ0n) is 11.1. The third-order valence-corrected chi connectivity index (χ3v) is 4.17. The Morgan fingerprint density at radius 2 is 1.94 bits per heavy atom. The first kappa shape index (κ1) is 14.1. The molecule has 1 aliphatic rings. The Balaban J connectivity index is 2.32. The van der Waals surface area contributed by atoms with E-state index in [0.29, 0.717) is 18.5 Å². The summed E-state index contributed by atoms with van der Waals surface area (Å²) in [5.74, 6) is 2.46. The van der Waals surface area contributed by atoms with Crippen LogP contribution in [-0.2, 0) is 4.79 Å². The Morgan fingerprint density at radius 3 is 2.41 bits per heavy atom. The van der Waals surface area contributed by atoms with E-state index in [-0.39, 0.29) is 5.91 Å². The van der Waals surface area contributed by atoms with Crippen molar-refractivity contribution in [1.29, 1.82) is 0 Å². The van der Waals surface area contributed by atoms with Crippen LogP contribution in [0.25, 0.3) is 0 Å². The van der Waals surface area contributed by atoms with Gasteiger partial charge in [-0.1, -0.05) is 32.6 Å². The Bertz CT molecular complexity index is 279. The fourth-order valence-corrected chi connectivity index (χ4v) is 2.55. The molecule has 0 saturated carbocycles. The Labute approximate surface area is 105 Å². The van der Waals surface area contributed by atoms with Crippen LogP contribution in [0.2, 0.25) is 0 Å². The average Bonchev–Trinajstić information content (AvgIpc) is 2.38. The predicted octanol–water partition coefficient (Wildman–Crippen LogP) is 1.64. The molecule has 1 rings (SSSR count). The number of carbonyl (C=O) groups excluding carboxylic acids is 1. The highest BCUT2D eigenvalue weighted by Gasteiger charge is 2.31.